The first-order valence-corrected chi connectivity index (χ1v) is 6.55. The number of amides is 1. The molecule has 17 heavy (non-hydrogen) atoms. The van der Waals surface area contributed by atoms with Crippen LogP contribution in [0, 0.1) is 0 Å². The molecule has 0 saturated carbocycles. The quantitative estimate of drug-likeness (QED) is 0.522. The molecular weight excluding hydrogens is 212 g/mol. The smallest absolute Gasteiger partial charge is 0.246 e. The highest BCUT2D eigenvalue weighted by Crippen LogP contribution is 2.06. The molecule has 0 radical (unpaired) electrons. The van der Waals surface area contributed by atoms with E-state index in [0.29, 0.717) is 17.7 Å². The summed E-state index contributed by atoms with van der Waals surface area (Å²) in [5.41, 5.74) is 0.580. The molecule has 0 bridgehead atoms. The fourth-order valence-corrected chi connectivity index (χ4v) is 1.88. The highest BCUT2D eigenvalue weighted by molar-refractivity contribution is 5.91. The lowest BCUT2D eigenvalue weighted by Crippen LogP contribution is -2.38. The van der Waals surface area contributed by atoms with Crippen molar-refractivity contribution in [1.82, 2.24) is 10.2 Å². The van der Waals surface area contributed by atoms with Gasteiger partial charge in [0.05, 0.1) is 0 Å². The summed E-state index contributed by atoms with van der Waals surface area (Å²) in [5.74, 6) is -0.0328. The summed E-state index contributed by atoms with van der Waals surface area (Å²) in [6.45, 7) is 16.1. The molecular formula is C14H28N2O. The van der Waals surface area contributed by atoms with Crippen molar-refractivity contribution in [3.05, 3.63) is 12.2 Å². The zero-order chi connectivity index (χ0) is 13.4. The third kappa shape index (κ3) is 7.16. The predicted octanol–water partition coefficient (Wildman–Crippen LogP) is 2.58. The molecule has 0 atom stereocenters. The van der Waals surface area contributed by atoms with Crippen LogP contribution in [0.2, 0.25) is 0 Å². The maximum atomic E-state index is 11.2. The van der Waals surface area contributed by atoms with Crippen molar-refractivity contribution in [1.29, 1.82) is 0 Å². The summed E-state index contributed by atoms with van der Waals surface area (Å²) in [5, 5.41) is 2.86. The van der Waals surface area contributed by atoms with Crippen molar-refractivity contribution in [2.24, 2.45) is 0 Å². The molecule has 0 fully saturated rings. The highest BCUT2D eigenvalue weighted by Gasteiger charge is 2.12. The number of carbonyl (C=O) groups is 1. The first-order chi connectivity index (χ1) is 7.86. The van der Waals surface area contributed by atoms with Gasteiger partial charge >= 0.3 is 0 Å². The topological polar surface area (TPSA) is 32.3 Å². The number of rotatable bonds is 8. The van der Waals surface area contributed by atoms with E-state index in [2.05, 4.69) is 44.5 Å². The maximum Gasteiger partial charge on any atom is 0.246 e. The van der Waals surface area contributed by atoms with Gasteiger partial charge < -0.3 is 5.32 Å². The van der Waals surface area contributed by atoms with Crippen molar-refractivity contribution < 1.29 is 4.79 Å². The van der Waals surface area contributed by atoms with Crippen LogP contribution in [0.5, 0.6) is 0 Å². The van der Waals surface area contributed by atoms with Crippen LogP contribution in [-0.4, -0.2) is 36.0 Å². The van der Waals surface area contributed by atoms with Gasteiger partial charge in [-0.2, -0.15) is 0 Å². The fourth-order valence-electron chi connectivity index (χ4n) is 1.88. The second kappa shape index (κ2) is 8.29. The Morgan fingerprint density at radius 3 is 2.12 bits per heavy atom. The van der Waals surface area contributed by atoms with Gasteiger partial charge in [-0.15, -0.1) is 0 Å². The van der Waals surface area contributed by atoms with Crippen LogP contribution < -0.4 is 5.32 Å². The van der Waals surface area contributed by atoms with Crippen LogP contribution in [0.3, 0.4) is 0 Å². The van der Waals surface area contributed by atoms with E-state index >= 15 is 0 Å². The third-order valence-electron chi connectivity index (χ3n) is 2.84. The van der Waals surface area contributed by atoms with Crippen molar-refractivity contribution in [3.8, 4) is 0 Å². The fraction of sp³-hybridized carbons (Fsp3) is 0.786. The molecule has 0 aliphatic carbocycles. The molecule has 0 aromatic heterocycles. The zero-order valence-corrected chi connectivity index (χ0v) is 12.0. The zero-order valence-electron chi connectivity index (χ0n) is 12.0. The Morgan fingerprint density at radius 2 is 1.71 bits per heavy atom. The number of hydrogen-bond donors (Lipinski definition) is 1. The van der Waals surface area contributed by atoms with Crippen molar-refractivity contribution >= 4 is 5.91 Å². The van der Waals surface area contributed by atoms with E-state index in [9.17, 15) is 4.79 Å². The molecule has 0 aliphatic rings. The number of nitrogens with zero attached hydrogens (tertiary/aromatic N) is 1. The number of carbonyl (C=O) groups excluding carboxylic acids is 1. The van der Waals surface area contributed by atoms with Gasteiger partial charge in [0.15, 0.2) is 0 Å². The van der Waals surface area contributed by atoms with Gasteiger partial charge in [-0.1, -0.05) is 6.58 Å². The first-order valence-electron chi connectivity index (χ1n) is 6.55. The summed E-state index contributed by atoms with van der Waals surface area (Å²) in [7, 11) is 0. The van der Waals surface area contributed by atoms with Gasteiger partial charge in [0, 0.05) is 24.2 Å². The Labute approximate surface area is 106 Å². The van der Waals surface area contributed by atoms with E-state index in [1.165, 1.54) is 0 Å². The summed E-state index contributed by atoms with van der Waals surface area (Å²) in [4.78, 5) is 13.7. The third-order valence-corrected chi connectivity index (χ3v) is 2.84. The van der Waals surface area contributed by atoms with E-state index in [-0.39, 0.29) is 5.91 Å². The first kappa shape index (κ1) is 16.2. The monoisotopic (exact) mass is 240 g/mol. The number of nitrogens with one attached hydrogen (secondary N) is 1. The molecule has 0 unspecified atom stereocenters. The Kier molecular flexibility index (Phi) is 7.88. The standard InChI is InChI=1S/C14H28N2O/c1-11(2)14(17)15-9-7-8-10-16(12(3)4)13(5)6/h12-13H,1,7-10H2,2-6H3,(H,15,17). The average molecular weight is 240 g/mol. The van der Waals surface area contributed by atoms with Crippen LogP contribution >= 0.6 is 0 Å². The Morgan fingerprint density at radius 1 is 1.18 bits per heavy atom. The minimum absolute atomic E-state index is 0.0328. The van der Waals surface area contributed by atoms with Crippen LogP contribution in [0.15, 0.2) is 12.2 Å². The Balaban J connectivity index is 3.69. The average Bonchev–Trinajstić information content (AvgIpc) is 2.21. The number of unbranched alkanes of at least 4 members (excludes halogenated alkanes) is 1. The normalized spacial score (nSPS) is 11.3. The molecule has 0 saturated heterocycles. The summed E-state index contributed by atoms with van der Waals surface area (Å²) in [6.07, 6.45) is 2.14. The van der Waals surface area contributed by atoms with Crippen LogP contribution in [0.4, 0.5) is 0 Å². The molecule has 3 heteroatoms. The Hall–Kier alpha value is -0.830. The molecule has 0 heterocycles. The molecule has 0 spiro atoms. The maximum absolute atomic E-state index is 11.2. The van der Waals surface area contributed by atoms with E-state index in [0.717, 1.165) is 25.9 Å². The minimum atomic E-state index is -0.0328. The second-order valence-corrected chi connectivity index (χ2v) is 5.17. The predicted molar refractivity (Wildman–Crippen MR) is 74.0 cm³/mol. The molecule has 100 valence electrons. The van der Waals surface area contributed by atoms with Gasteiger partial charge in [0.2, 0.25) is 5.91 Å². The second-order valence-electron chi connectivity index (χ2n) is 5.17. The SMILES string of the molecule is C=C(C)C(=O)NCCCCN(C(C)C)C(C)C. The van der Waals surface area contributed by atoms with Gasteiger partial charge in [0.1, 0.15) is 0 Å². The van der Waals surface area contributed by atoms with E-state index in [1.54, 1.807) is 6.92 Å². The molecule has 1 N–H and O–H groups in total. The molecule has 0 rings (SSSR count). The largest absolute Gasteiger partial charge is 0.352 e. The van der Waals surface area contributed by atoms with Gasteiger partial charge in [-0.25, -0.2) is 0 Å². The van der Waals surface area contributed by atoms with E-state index in [1.807, 2.05) is 0 Å². The molecule has 3 nitrogen and oxygen atoms in total. The summed E-state index contributed by atoms with van der Waals surface area (Å²) >= 11 is 0. The van der Waals surface area contributed by atoms with Crippen LogP contribution in [-0.2, 0) is 4.79 Å². The van der Waals surface area contributed by atoms with Crippen molar-refractivity contribution in [3.63, 3.8) is 0 Å². The van der Waals surface area contributed by atoms with Gasteiger partial charge in [-0.3, -0.25) is 9.69 Å². The molecule has 1 amide bonds. The van der Waals surface area contributed by atoms with Gasteiger partial charge in [0.25, 0.3) is 0 Å². The molecule has 0 aliphatic heterocycles. The summed E-state index contributed by atoms with van der Waals surface area (Å²) < 4.78 is 0. The van der Waals surface area contributed by atoms with Crippen molar-refractivity contribution in [2.75, 3.05) is 13.1 Å². The lowest BCUT2D eigenvalue weighted by molar-refractivity contribution is -0.117. The van der Waals surface area contributed by atoms with Crippen LogP contribution in [0.25, 0.3) is 0 Å². The van der Waals surface area contributed by atoms with Gasteiger partial charge in [-0.05, 0) is 54.0 Å². The van der Waals surface area contributed by atoms with E-state index < -0.39 is 0 Å². The highest BCUT2D eigenvalue weighted by atomic mass is 16.1. The lowest BCUT2D eigenvalue weighted by Gasteiger charge is -2.30. The minimum Gasteiger partial charge on any atom is -0.352 e. The Bertz CT molecular complexity index is 239. The van der Waals surface area contributed by atoms with Crippen molar-refractivity contribution in [2.45, 2.75) is 59.5 Å². The summed E-state index contributed by atoms with van der Waals surface area (Å²) in [6, 6.07) is 1.17. The van der Waals surface area contributed by atoms with E-state index in [4.69, 9.17) is 0 Å². The molecule has 0 aromatic rings. The molecule has 0 aromatic carbocycles. The van der Waals surface area contributed by atoms with Crippen LogP contribution in [0.1, 0.15) is 47.5 Å². The number of hydrogen-bond acceptors (Lipinski definition) is 2. The lowest BCUT2D eigenvalue weighted by atomic mass is 10.2.